The first-order valence-corrected chi connectivity index (χ1v) is 6.96. The van der Waals surface area contributed by atoms with Crippen molar-refractivity contribution in [1.82, 2.24) is 15.0 Å². The average Bonchev–Trinajstić information content (AvgIpc) is 2.35. The minimum atomic E-state index is 0.198. The Kier molecular flexibility index (Phi) is 6.80. The topological polar surface area (TPSA) is 63.2 Å². The Balaban J connectivity index is 2.63. The van der Waals surface area contributed by atoms with Crippen LogP contribution in [0, 0.1) is 0 Å². The van der Waals surface area contributed by atoms with Gasteiger partial charge in [0, 0.05) is 19.6 Å². The van der Waals surface area contributed by atoms with Gasteiger partial charge in [0.15, 0.2) is 0 Å². The van der Waals surface area contributed by atoms with Gasteiger partial charge in [-0.15, -0.1) is 0 Å². The maximum atomic E-state index is 5.91. The van der Waals surface area contributed by atoms with Gasteiger partial charge in [-0.05, 0) is 39.3 Å². The summed E-state index contributed by atoms with van der Waals surface area (Å²) in [5.41, 5.74) is 0. The third-order valence-electron chi connectivity index (χ3n) is 2.48. The SMILES string of the molecule is CCN(CC)c1nc(Cl)nc(NCCOC(C)C)n1. The second-order valence-electron chi connectivity index (χ2n) is 4.25. The lowest BCUT2D eigenvalue weighted by Crippen LogP contribution is -2.25. The monoisotopic (exact) mass is 287 g/mol. The van der Waals surface area contributed by atoms with Gasteiger partial charge in [-0.1, -0.05) is 0 Å². The van der Waals surface area contributed by atoms with Gasteiger partial charge in [0.25, 0.3) is 0 Å². The molecule has 0 bridgehead atoms. The molecular weight excluding hydrogens is 266 g/mol. The van der Waals surface area contributed by atoms with E-state index in [0.717, 1.165) is 13.1 Å². The van der Waals surface area contributed by atoms with E-state index < -0.39 is 0 Å². The molecule has 19 heavy (non-hydrogen) atoms. The lowest BCUT2D eigenvalue weighted by molar-refractivity contribution is 0.0870. The van der Waals surface area contributed by atoms with Crippen LogP contribution in [0.15, 0.2) is 0 Å². The van der Waals surface area contributed by atoms with Crippen LogP contribution in [0.2, 0.25) is 5.28 Å². The van der Waals surface area contributed by atoms with E-state index in [1.807, 2.05) is 32.6 Å². The highest BCUT2D eigenvalue weighted by atomic mass is 35.5. The zero-order valence-corrected chi connectivity index (χ0v) is 12.7. The minimum Gasteiger partial charge on any atom is -0.377 e. The van der Waals surface area contributed by atoms with E-state index in [4.69, 9.17) is 16.3 Å². The maximum Gasteiger partial charge on any atom is 0.231 e. The van der Waals surface area contributed by atoms with E-state index in [0.29, 0.717) is 25.0 Å². The lowest BCUT2D eigenvalue weighted by atomic mass is 10.5. The Labute approximate surface area is 119 Å². The van der Waals surface area contributed by atoms with E-state index in [-0.39, 0.29) is 11.4 Å². The molecular formula is C12H22ClN5O. The predicted octanol–water partition coefficient (Wildman–Crippen LogP) is 2.21. The standard InChI is InChI=1S/C12H22ClN5O/c1-5-18(6-2)12-16-10(13)15-11(17-12)14-7-8-19-9(3)4/h9H,5-8H2,1-4H3,(H,14,15,16,17). The number of ether oxygens (including phenoxy) is 1. The van der Waals surface area contributed by atoms with Crippen molar-refractivity contribution >= 4 is 23.5 Å². The first-order chi connectivity index (χ1) is 9.06. The van der Waals surface area contributed by atoms with Gasteiger partial charge in [0.2, 0.25) is 17.2 Å². The first kappa shape index (κ1) is 15.9. The van der Waals surface area contributed by atoms with Crippen molar-refractivity contribution in [3.05, 3.63) is 5.28 Å². The number of nitrogens with zero attached hydrogens (tertiary/aromatic N) is 4. The summed E-state index contributed by atoms with van der Waals surface area (Å²) in [5.74, 6) is 1.08. The summed E-state index contributed by atoms with van der Waals surface area (Å²) >= 11 is 5.91. The van der Waals surface area contributed by atoms with E-state index in [1.165, 1.54) is 0 Å². The molecule has 0 aliphatic heterocycles. The molecule has 6 nitrogen and oxygen atoms in total. The number of hydrogen-bond acceptors (Lipinski definition) is 6. The molecule has 0 saturated carbocycles. The summed E-state index contributed by atoms with van der Waals surface area (Å²) < 4.78 is 5.44. The molecule has 0 saturated heterocycles. The van der Waals surface area contributed by atoms with Crippen LogP contribution < -0.4 is 10.2 Å². The maximum absolute atomic E-state index is 5.91. The van der Waals surface area contributed by atoms with Gasteiger partial charge in [-0.2, -0.15) is 15.0 Å². The quantitative estimate of drug-likeness (QED) is 0.740. The molecule has 1 rings (SSSR count). The predicted molar refractivity (Wildman–Crippen MR) is 78.0 cm³/mol. The fourth-order valence-corrected chi connectivity index (χ4v) is 1.68. The van der Waals surface area contributed by atoms with E-state index in [2.05, 4.69) is 20.3 Å². The number of nitrogens with one attached hydrogen (secondary N) is 1. The van der Waals surface area contributed by atoms with E-state index in [9.17, 15) is 0 Å². The van der Waals surface area contributed by atoms with Crippen LogP contribution in [0.25, 0.3) is 0 Å². The summed E-state index contributed by atoms with van der Waals surface area (Å²) in [7, 11) is 0. The Morgan fingerprint density at radius 1 is 1.21 bits per heavy atom. The van der Waals surface area contributed by atoms with Crippen molar-refractivity contribution in [2.45, 2.75) is 33.8 Å². The minimum absolute atomic E-state index is 0.198. The Morgan fingerprint density at radius 2 is 1.89 bits per heavy atom. The highest BCUT2D eigenvalue weighted by Gasteiger charge is 2.09. The Morgan fingerprint density at radius 3 is 2.47 bits per heavy atom. The van der Waals surface area contributed by atoms with Crippen LogP contribution in [0.3, 0.4) is 0 Å². The summed E-state index contributed by atoms with van der Waals surface area (Å²) in [4.78, 5) is 14.5. The van der Waals surface area contributed by atoms with Crippen molar-refractivity contribution in [3.8, 4) is 0 Å². The third kappa shape index (κ3) is 5.57. The molecule has 7 heteroatoms. The van der Waals surface area contributed by atoms with E-state index in [1.54, 1.807) is 0 Å². The van der Waals surface area contributed by atoms with Crippen molar-refractivity contribution in [2.24, 2.45) is 0 Å². The van der Waals surface area contributed by atoms with Crippen molar-refractivity contribution in [3.63, 3.8) is 0 Å². The molecule has 0 fully saturated rings. The van der Waals surface area contributed by atoms with Crippen LogP contribution in [-0.2, 0) is 4.74 Å². The summed E-state index contributed by atoms with van der Waals surface area (Å²) in [6.07, 6.45) is 0.218. The number of rotatable bonds is 8. The molecule has 108 valence electrons. The molecule has 0 aliphatic carbocycles. The number of hydrogen-bond donors (Lipinski definition) is 1. The van der Waals surface area contributed by atoms with Crippen molar-refractivity contribution in [1.29, 1.82) is 0 Å². The van der Waals surface area contributed by atoms with Crippen LogP contribution in [0.5, 0.6) is 0 Å². The highest BCUT2D eigenvalue weighted by Crippen LogP contribution is 2.13. The number of aromatic nitrogens is 3. The summed E-state index contributed by atoms with van der Waals surface area (Å²) in [6.45, 7) is 11.0. The smallest absolute Gasteiger partial charge is 0.231 e. The van der Waals surface area contributed by atoms with E-state index >= 15 is 0 Å². The fourth-order valence-electron chi connectivity index (χ4n) is 1.52. The Hall–Kier alpha value is -1.14. The third-order valence-corrected chi connectivity index (χ3v) is 2.65. The molecule has 1 N–H and O–H groups in total. The summed E-state index contributed by atoms with van der Waals surface area (Å²) in [6, 6.07) is 0. The molecule has 0 aliphatic rings. The highest BCUT2D eigenvalue weighted by molar-refractivity contribution is 6.28. The van der Waals surface area contributed by atoms with Gasteiger partial charge < -0.3 is 15.0 Å². The van der Waals surface area contributed by atoms with Crippen LogP contribution in [0.4, 0.5) is 11.9 Å². The lowest BCUT2D eigenvalue weighted by Gasteiger charge is -2.18. The molecule has 0 aromatic carbocycles. The van der Waals surface area contributed by atoms with Gasteiger partial charge in [-0.25, -0.2) is 0 Å². The molecule has 0 amide bonds. The van der Waals surface area contributed by atoms with Gasteiger partial charge in [0.1, 0.15) is 0 Å². The van der Waals surface area contributed by atoms with Gasteiger partial charge in [0.05, 0.1) is 12.7 Å². The zero-order chi connectivity index (χ0) is 14.3. The fraction of sp³-hybridized carbons (Fsp3) is 0.750. The normalized spacial score (nSPS) is 10.8. The largest absolute Gasteiger partial charge is 0.377 e. The molecule has 1 heterocycles. The molecule has 1 aromatic heterocycles. The molecule has 0 spiro atoms. The molecule has 0 radical (unpaired) electrons. The number of halogens is 1. The van der Waals surface area contributed by atoms with Crippen LogP contribution >= 0.6 is 11.6 Å². The number of anilines is 2. The second-order valence-corrected chi connectivity index (χ2v) is 4.58. The summed E-state index contributed by atoms with van der Waals surface area (Å²) in [5, 5.41) is 3.28. The molecule has 0 atom stereocenters. The van der Waals surface area contributed by atoms with Crippen molar-refractivity contribution < 1.29 is 4.74 Å². The molecule has 1 aromatic rings. The Bertz CT molecular complexity index is 384. The molecule has 0 unspecified atom stereocenters. The first-order valence-electron chi connectivity index (χ1n) is 6.58. The van der Waals surface area contributed by atoms with Gasteiger partial charge in [-0.3, -0.25) is 0 Å². The average molecular weight is 288 g/mol. The zero-order valence-electron chi connectivity index (χ0n) is 12.0. The second kappa shape index (κ2) is 8.12. The van der Waals surface area contributed by atoms with Gasteiger partial charge >= 0.3 is 0 Å². The van der Waals surface area contributed by atoms with Crippen LogP contribution in [-0.4, -0.2) is 47.3 Å². The van der Waals surface area contributed by atoms with Crippen molar-refractivity contribution in [2.75, 3.05) is 36.5 Å². The van der Waals surface area contributed by atoms with Crippen LogP contribution in [0.1, 0.15) is 27.7 Å².